The third-order valence-corrected chi connectivity index (χ3v) is 2.71. The normalized spacial score (nSPS) is 10.9. The lowest BCUT2D eigenvalue weighted by molar-refractivity contribution is 0.462. The number of hydrogen-bond donors (Lipinski definition) is 1. The van der Waals surface area contributed by atoms with E-state index < -0.39 is 0 Å². The highest BCUT2D eigenvalue weighted by Crippen LogP contribution is 2.16. The maximum Gasteiger partial charge on any atom is -0.00695 e. The van der Waals surface area contributed by atoms with Crippen LogP contribution in [0.5, 0.6) is 0 Å². The van der Waals surface area contributed by atoms with Gasteiger partial charge in [-0.1, -0.05) is 39.5 Å². The summed E-state index contributed by atoms with van der Waals surface area (Å²) in [6.07, 6.45) is 8.21. The number of hydrogen-bond acceptors (Lipinski definition) is 1. The van der Waals surface area contributed by atoms with Gasteiger partial charge in [0.05, 0.1) is 0 Å². The van der Waals surface area contributed by atoms with Crippen molar-refractivity contribution in [2.24, 2.45) is 5.92 Å². The molecule has 11 heavy (non-hydrogen) atoms. The molecule has 0 aliphatic heterocycles. The van der Waals surface area contributed by atoms with Crippen LogP contribution in [-0.4, -0.2) is 5.75 Å². The summed E-state index contributed by atoms with van der Waals surface area (Å²) in [6.45, 7) is 4.52. The molecule has 0 atom stereocenters. The van der Waals surface area contributed by atoms with Crippen molar-refractivity contribution in [1.29, 1.82) is 0 Å². The van der Waals surface area contributed by atoms with Crippen molar-refractivity contribution in [3.05, 3.63) is 0 Å². The molecule has 0 radical (unpaired) electrons. The zero-order valence-corrected chi connectivity index (χ0v) is 8.87. The SMILES string of the molecule is CCCCC(CS)CCCC. The minimum atomic E-state index is 0.887. The molecule has 0 unspecified atom stereocenters. The highest BCUT2D eigenvalue weighted by molar-refractivity contribution is 7.80. The van der Waals surface area contributed by atoms with Crippen LogP contribution in [0.15, 0.2) is 0 Å². The molecular weight excluding hydrogens is 152 g/mol. The summed E-state index contributed by atoms with van der Waals surface area (Å²) in [5.74, 6) is 1.97. The third kappa shape index (κ3) is 6.74. The smallest absolute Gasteiger partial charge is 0.00695 e. The van der Waals surface area contributed by atoms with Gasteiger partial charge in [-0.25, -0.2) is 0 Å². The summed E-state index contributed by atoms with van der Waals surface area (Å²) in [5, 5.41) is 0. The van der Waals surface area contributed by atoms with E-state index in [0.717, 1.165) is 11.7 Å². The van der Waals surface area contributed by atoms with Gasteiger partial charge in [-0.2, -0.15) is 12.6 Å². The first-order chi connectivity index (χ1) is 5.35. The Morgan fingerprint density at radius 2 is 1.45 bits per heavy atom. The first-order valence-corrected chi connectivity index (χ1v) is 5.59. The lowest BCUT2D eigenvalue weighted by atomic mass is 9.98. The van der Waals surface area contributed by atoms with Gasteiger partial charge in [-0.05, 0) is 24.5 Å². The Bertz CT molecular complexity index is 63.3. The van der Waals surface area contributed by atoms with Gasteiger partial charge in [-0.3, -0.25) is 0 Å². The molecule has 0 aliphatic carbocycles. The van der Waals surface area contributed by atoms with Crippen molar-refractivity contribution in [1.82, 2.24) is 0 Å². The van der Waals surface area contributed by atoms with Crippen molar-refractivity contribution in [3.63, 3.8) is 0 Å². The molecule has 0 aromatic carbocycles. The van der Waals surface area contributed by atoms with Crippen molar-refractivity contribution in [2.45, 2.75) is 52.4 Å². The number of thiol groups is 1. The second-order valence-corrected chi connectivity index (χ2v) is 3.70. The third-order valence-electron chi connectivity index (χ3n) is 2.19. The first kappa shape index (κ1) is 11.4. The topological polar surface area (TPSA) is 0 Å². The zero-order chi connectivity index (χ0) is 8.53. The summed E-state index contributed by atoms with van der Waals surface area (Å²) < 4.78 is 0. The molecule has 0 aromatic heterocycles. The minimum absolute atomic E-state index is 0.887. The zero-order valence-electron chi connectivity index (χ0n) is 7.97. The van der Waals surface area contributed by atoms with Gasteiger partial charge in [0, 0.05) is 0 Å². The van der Waals surface area contributed by atoms with Crippen LogP contribution in [0.2, 0.25) is 0 Å². The Hall–Kier alpha value is 0.350. The molecule has 0 nitrogen and oxygen atoms in total. The van der Waals surface area contributed by atoms with Gasteiger partial charge in [0.15, 0.2) is 0 Å². The van der Waals surface area contributed by atoms with E-state index in [1.807, 2.05) is 0 Å². The van der Waals surface area contributed by atoms with Crippen LogP contribution in [0.25, 0.3) is 0 Å². The standard InChI is InChI=1S/C10H22S/c1-3-5-7-10(9-11)8-6-4-2/h10-11H,3-9H2,1-2H3. The van der Waals surface area contributed by atoms with Gasteiger partial charge >= 0.3 is 0 Å². The molecule has 0 fully saturated rings. The average Bonchev–Trinajstić information content (AvgIpc) is 2.05. The van der Waals surface area contributed by atoms with Gasteiger partial charge in [-0.15, -0.1) is 0 Å². The summed E-state index contributed by atoms with van der Waals surface area (Å²) in [4.78, 5) is 0. The van der Waals surface area contributed by atoms with Crippen molar-refractivity contribution < 1.29 is 0 Å². The molecule has 0 saturated heterocycles. The van der Waals surface area contributed by atoms with Crippen molar-refractivity contribution in [3.8, 4) is 0 Å². The fourth-order valence-corrected chi connectivity index (χ4v) is 1.68. The van der Waals surface area contributed by atoms with Gasteiger partial charge < -0.3 is 0 Å². The molecule has 0 N–H and O–H groups in total. The van der Waals surface area contributed by atoms with E-state index in [1.165, 1.54) is 38.5 Å². The molecule has 68 valence electrons. The Kier molecular flexibility index (Phi) is 8.72. The van der Waals surface area contributed by atoms with E-state index in [-0.39, 0.29) is 0 Å². The van der Waals surface area contributed by atoms with Crippen LogP contribution in [0, 0.1) is 5.92 Å². The molecule has 0 saturated carbocycles. The van der Waals surface area contributed by atoms with E-state index >= 15 is 0 Å². The maximum absolute atomic E-state index is 4.36. The highest BCUT2D eigenvalue weighted by Gasteiger charge is 2.04. The highest BCUT2D eigenvalue weighted by atomic mass is 32.1. The van der Waals surface area contributed by atoms with Crippen molar-refractivity contribution >= 4 is 12.6 Å². The van der Waals surface area contributed by atoms with E-state index in [4.69, 9.17) is 0 Å². The lowest BCUT2D eigenvalue weighted by Crippen LogP contribution is -2.01. The predicted octanol–water partition coefficient (Wildman–Crippen LogP) is 3.91. The van der Waals surface area contributed by atoms with Gasteiger partial charge in [0.1, 0.15) is 0 Å². The van der Waals surface area contributed by atoms with Crippen LogP contribution < -0.4 is 0 Å². The Morgan fingerprint density at radius 1 is 1.00 bits per heavy atom. The second-order valence-electron chi connectivity index (χ2n) is 3.33. The van der Waals surface area contributed by atoms with Crippen molar-refractivity contribution in [2.75, 3.05) is 5.75 Å². The van der Waals surface area contributed by atoms with E-state index in [1.54, 1.807) is 0 Å². The largest absolute Gasteiger partial charge is 0.179 e. The van der Waals surface area contributed by atoms with Gasteiger partial charge in [0.25, 0.3) is 0 Å². The molecule has 0 aliphatic rings. The summed E-state index contributed by atoms with van der Waals surface area (Å²) in [6, 6.07) is 0. The summed E-state index contributed by atoms with van der Waals surface area (Å²) in [5.41, 5.74) is 0. The minimum Gasteiger partial charge on any atom is -0.179 e. The summed E-state index contributed by atoms with van der Waals surface area (Å²) in [7, 11) is 0. The Morgan fingerprint density at radius 3 is 1.73 bits per heavy atom. The Balaban J connectivity index is 3.25. The second kappa shape index (κ2) is 8.45. The van der Waals surface area contributed by atoms with E-state index in [9.17, 15) is 0 Å². The fourth-order valence-electron chi connectivity index (χ4n) is 1.31. The molecule has 0 rings (SSSR count). The predicted molar refractivity (Wildman–Crippen MR) is 56.4 cm³/mol. The molecule has 0 amide bonds. The quantitative estimate of drug-likeness (QED) is 0.556. The van der Waals surface area contributed by atoms with Crippen LogP contribution in [0.4, 0.5) is 0 Å². The number of rotatable bonds is 7. The molecule has 0 aromatic rings. The molecule has 0 spiro atoms. The van der Waals surface area contributed by atoms with E-state index in [0.29, 0.717) is 0 Å². The maximum atomic E-state index is 4.36. The summed E-state index contributed by atoms with van der Waals surface area (Å²) >= 11 is 4.36. The van der Waals surface area contributed by atoms with Crippen LogP contribution in [0.1, 0.15) is 52.4 Å². The lowest BCUT2D eigenvalue weighted by Gasteiger charge is -2.12. The van der Waals surface area contributed by atoms with Crippen LogP contribution in [0.3, 0.4) is 0 Å². The van der Waals surface area contributed by atoms with Gasteiger partial charge in [0.2, 0.25) is 0 Å². The van der Waals surface area contributed by atoms with Crippen LogP contribution in [-0.2, 0) is 0 Å². The molecular formula is C10H22S. The average molecular weight is 174 g/mol. The monoisotopic (exact) mass is 174 g/mol. The Labute approximate surface area is 77.2 Å². The van der Waals surface area contributed by atoms with Crippen LogP contribution >= 0.6 is 12.6 Å². The van der Waals surface area contributed by atoms with E-state index in [2.05, 4.69) is 26.5 Å². The number of unbranched alkanes of at least 4 members (excludes halogenated alkanes) is 2. The fraction of sp³-hybridized carbons (Fsp3) is 1.00. The molecule has 1 heteroatoms. The first-order valence-electron chi connectivity index (χ1n) is 4.96. The molecule has 0 heterocycles. The molecule has 0 bridgehead atoms.